The molecule has 0 aliphatic rings. The van der Waals surface area contributed by atoms with Gasteiger partial charge in [-0.05, 0) is 26.0 Å². The molecule has 0 radical (unpaired) electrons. The first-order chi connectivity index (χ1) is 5.34. The van der Waals surface area contributed by atoms with E-state index in [4.69, 9.17) is 4.74 Å². The Bertz CT molecular complexity index is 198. The van der Waals surface area contributed by atoms with E-state index >= 15 is 0 Å². The summed E-state index contributed by atoms with van der Waals surface area (Å²) in [6.07, 6.45) is 1.89. The standard InChI is InChI=1S/C9H13NO/c1-3-11-8(2)9-6-4-5-7-10-9/h4-8H,3H2,1-2H3/t8-/m1/s1. The monoisotopic (exact) mass is 151 g/mol. The Hall–Kier alpha value is -0.890. The van der Waals surface area contributed by atoms with Crippen LogP contribution in [0.15, 0.2) is 24.4 Å². The van der Waals surface area contributed by atoms with Crippen molar-refractivity contribution in [2.24, 2.45) is 0 Å². The summed E-state index contributed by atoms with van der Waals surface area (Å²) < 4.78 is 5.37. The van der Waals surface area contributed by atoms with Crippen LogP contribution >= 0.6 is 0 Å². The van der Waals surface area contributed by atoms with Crippen molar-refractivity contribution in [3.63, 3.8) is 0 Å². The Labute approximate surface area is 67.2 Å². The van der Waals surface area contributed by atoms with E-state index in [1.54, 1.807) is 6.20 Å². The van der Waals surface area contributed by atoms with Gasteiger partial charge < -0.3 is 4.74 Å². The highest BCUT2D eigenvalue weighted by Crippen LogP contribution is 2.11. The van der Waals surface area contributed by atoms with Crippen LogP contribution in [0.3, 0.4) is 0 Å². The molecule has 0 fully saturated rings. The maximum Gasteiger partial charge on any atom is 0.0966 e. The van der Waals surface area contributed by atoms with Gasteiger partial charge in [0.15, 0.2) is 0 Å². The Balaban J connectivity index is 2.61. The van der Waals surface area contributed by atoms with Crippen LogP contribution < -0.4 is 0 Å². The molecule has 0 saturated heterocycles. The smallest absolute Gasteiger partial charge is 0.0966 e. The minimum atomic E-state index is 0.112. The molecule has 2 nitrogen and oxygen atoms in total. The molecule has 60 valence electrons. The fourth-order valence-electron chi connectivity index (χ4n) is 0.952. The molecular formula is C9H13NO. The molecule has 1 heterocycles. The molecule has 0 amide bonds. The highest BCUT2D eigenvalue weighted by molar-refractivity contribution is 5.05. The number of pyridine rings is 1. The topological polar surface area (TPSA) is 22.1 Å². The Kier molecular flexibility index (Phi) is 3.05. The van der Waals surface area contributed by atoms with Crippen molar-refractivity contribution >= 4 is 0 Å². The Morgan fingerprint density at radius 2 is 2.36 bits per heavy atom. The van der Waals surface area contributed by atoms with Crippen LogP contribution in [0.5, 0.6) is 0 Å². The van der Waals surface area contributed by atoms with Crippen molar-refractivity contribution in [3.05, 3.63) is 30.1 Å². The minimum Gasteiger partial charge on any atom is -0.373 e. The first-order valence-corrected chi connectivity index (χ1v) is 3.87. The average Bonchev–Trinajstić information content (AvgIpc) is 2.07. The second-order valence-electron chi connectivity index (χ2n) is 2.35. The van der Waals surface area contributed by atoms with E-state index in [9.17, 15) is 0 Å². The quantitative estimate of drug-likeness (QED) is 0.660. The first-order valence-electron chi connectivity index (χ1n) is 3.87. The van der Waals surface area contributed by atoms with Gasteiger partial charge in [0.1, 0.15) is 0 Å². The van der Waals surface area contributed by atoms with E-state index in [1.807, 2.05) is 32.0 Å². The van der Waals surface area contributed by atoms with Gasteiger partial charge >= 0.3 is 0 Å². The molecule has 11 heavy (non-hydrogen) atoms. The van der Waals surface area contributed by atoms with Crippen molar-refractivity contribution in [1.82, 2.24) is 4.98 Å². The molecule has 0 aliphatic carbocycles. The van der Waals surface area contributed by atoms with Gasteiger partial charge in [0, 0.05) is 12.8 Å². The van der Waals surface area contributed by atoms with E-state index in [-0.39, 0.29) is 6.10 Å². The highest BCUT2D eigenvalue weighted by Gasteiger charge is 2.03. The molecule has 0 aromatic carbocycles. The van der Waals surface area contributed by atoms with Crippen LogP contribution in [0.4, 0.5) is 0 Å². The molecule has 0 saturated carbocycles. The average molecular weight is 151 g/mol. The van der Waals surface area contributed by atoms with Gasteiger partial charge in [-0.25, -0.2) is 0 Å². The lowest BCUT2D eigenvalue weighted by Gasteiger charge is -2.09. The van der Waals surface area contributed by atoms with Crippen LogP contribution in [0.25, 0.3) is 0 Å². The fraction of sp³-hybridized carbons (Fsp3) is 0.444. The van der Waals surface area contributed by atoms with E-state index in [2.05, 4.69) is 4.98 Å². The van der Waals surface area contributed by atoms with Gasteiger partial charge in [0.05, 0.1) is 11.8 Å². The molecule has 1 rings (SSSR count). The first kappa shape index (κ1) is 8.21. The summed E-state index contributed by atoms with van der Waals surface area (Å²) in [6, 6.07) is 5.85. The van der Waals surface area contributed by atoms with Crippen LogP contribution in [-0.2, 0) is 4.74 Å². The number of hydrogen-bond acceptors (Lipinski definition) is 2. The Morgan fingerprint density at radius 3 is 2.91 bits per heavy atom. The number of aromatic nitrogens is 1. The van der Waals surface area contributed by atoms with Crippen LogP contribution in [0, 0.1) is 0 Å². The lowest BCUT2D eigenvalue weighted by molar-refractivity contribution is 0.0734. The normalized spacial score (nSPS) is 12.9. The predicted molar refractivity (Wildman–Crippen MR) is 44.3 cm³/mol. The van der Waals surface area contributed by atoms with Crippen molar-refractivity contribution in [3.8, 4) is 0 Å². The number of rotatable bonds is 3. The fourth-order valence-corrected chi connectivity index (χ4v) is 0.952. The van der Waals surface area contributed by atoms with Crippen LogP contribution in [-0.4, -0.2) is 11.6 Å². The summed E-state index contributed by atoms with van der Waals surface area (Å²) >= 11 is 0. The lowest BCUT2D eigenvalue weighted by atomic mass is 10.2. The maximum absolute atomic E-state index is 5.37. The SMILES string of the molecule is CCO[C@H](C)c1ccccn1. The molecule has 0 N–H and O–H groups in total. The minimum absolute atomic E-state index is 0.112. The largest absolute Gasteiger partial charge is 0.373 e. The molecular weight excluding hydrogens is 138 g/mol. The molecule has 2 heteroatoms. The number of nitrogens with zero attached hydrogens (tertiary/aromatic N) is 1. The van der Waals surface area contributed by atoms with Crippen LogP contribution in [0.2, 0.25) is 0 Å². The highest BCUT2D eigenvalue weighted by atomic mass is 16.5. The summed E-state index contributed by atoms with van der Waals surface area (Å²) in [7, 11) is 0. The van der Waals surface area contributed by atoms with E-state index in [0.717, 1.165) is 12.3 Å². The molecule has 1 atom stereocenters. The van der Waals surface area contributed by atoms with Gasteiger partial charge in [-0.3, -0.25) is 4.98 Å². The maximum atomic E-state index is 5.37. The van der Waals surface area contributed by atoms with Crippen molar-refractivity contribution in [2.45, 2.75) is 20.0 Å². The predicted octanol–water partition coefficient (Wildman–Crippen LogP) is 2.18. The summed E-state index contributed by atoms with van der Waals surface area (Å²) in [6.45, 7) is 4.73. The second-order valence-corrected chi connectivity index (χ2v) is 2.35. The van der Waals surface area contributed by atoms with Gasteiger partial charge in [0.2, 0.25) is 0 Å². The van der Waals surface area contributed by atoms with E-state index in [0.29, 0.717) is 0 Å². The van der Waals surface area contributed by atoms with Gasteiger partial charge in [-0.15, -0.1) is 0 Å². The molecule has 0 unspecified atom stereocenters. The lowest BCUT2D eigenvalue weighted by Crippen LogP contribution is -2.00. The molecule has 0 aliphatic heterocycles. The molecule has 1 aromatic heterocycles. The summed E-state index contributed by atoms with van der Waals surface area (Å²) in [5.41, 5.74) is 0.995. The zero-order valence-electron chi connectivity index (χ0n) is 6.95. The molecule has 1 aromatic rings. The van der Waals surface area contributed by atoms with Gasteiger partial charge in [-0.2, -0.15) is 0 Å². The molecule has 0 bridgehead atoms. The van der Waals surface area contributed by atoms with E-state index in [1.165, 1.54) is 0 Å². The van der Waals surface area contributed by atoms with Crippen molar-refractivity contribution in [2.75, 3.05) is 6.61 Å². The number of hydrogen-bond donors (Lipinski definition) is 0. The summed E-state index contributed by atoms with van der Waals surface area (Å²) in [4.78, 5) is 4.17. The third-order valence-electron chi connectivity index (χ3n) is 1.52. The zero-order valence-corrected chi connectivity index (χ0v) is 6.95. The van der Waals surface area contributed by atoms with Crippen molar-refractivity contribution in [1.29, 1.82) is 0 Å². The van der Waals surface area contributed by atoms with Crippen molar-refractivity contribution < 1.29 is 4.74 Å². The third kappa shape index (κ3) is 2.31. The third-order valence-corrected chi connectivity index (χ3v) is 1.52. The van der Waals surface area contributed by atoms with Gasteiger partial charge in [0.25, 0.3) is 0 Å². The van der Waals surface area contributed by atoms with Crippen LogP contribution in [0.1, 0.15) is 25.6 Å². The zero-order chi connectivity index (χ0) is 8.10. The van der Waals surface area contributed by atoms with Gasteiger partial charge in [-0.1, -0.05) is 6.07 Å². The molecule has 0 spiro atoms. The van der Waals surface area contributed by atoms with E-state index < -0.39 is 0 Å². The summed E-state index contributed by atoms with van der Waals surface area (Å²) in [5, 5.41) is 0. The number of ether oxygens (including phenoxy) is 1. The second kappa shape index (κ2) is 4.09. The summed E-state index contributed by atoms with van der Waals surface area (Å²) in [5.74, 6) is 0. The Morgan fingerprint density at radius 1 is 1.55 bits per heavy atom.